The molecule has 1 heterocycles. The maximum atomic E-state index is 6.29. The van der Waals surface area contributed by atoms with Crippen molar-refractivity contribution in [1.29, 1.82) is 0 Å². The third-order valence-corrected chi connectivity index (χ3v) is 5.48. The zero-order valence-corrected chi connectivity index (χ0v) is 13.2. The number of rotatable bonds is 5. The van der Waals surface area contributed by atoms with Crippen LogP contribution in [0.4, 0.5) is 0 Å². The summed E-state index contributed by atoms with van der Waals surface area (Å²) in [5.41, 5.74) is 8.39. The second kappa shape index (κ2) is 6.26. The summed E-state index contributed by atoms with van der Waals surface area (Å²) in [6.45, 7) is 0. The van der Waals surface area contributed by atoms with Crippen LogP contribution in [0.2, 0.25) is 0 Å². The fourth-order valence-electron chi connectivity index (χ4n) is 3.10. The minimum Gasteiger partial charge on any atom is -0.371 e. The third-order valence-electron chi connectivity index (χ3n) is 4.40. The Labute approximate surface area is 130 Å². The monoisotopic (exact) mass is 302 g/mol. The molecule has 0 aliphatic heterocycles. The van der Waals surface area contributed by atoms with E-state index in [0.717, 1.165) is 35.5 Å². The van der Waals surface area contributed by atoms with Crippen LogP contribution in [0.1, 0.15) is 48.0 Å². The first-order chi connectivity index (χ1) is 10.2. The van der Waals surface area contributed by atoms with Gasteiger partial charge in [0.2, 0.25) is 0 Å². The van der Waals surface area contributed by atoms with Gasteiger partial charge in [0.15, 0.2) is 0 Å². The van der Waals surface area contributed by atoms with Crippen molar-refractivity contribution in [2.45, 2.75) is 43.7 Å². The molecule has 2 aromatic rings. The van der Waals surface area contributed by atoms with Gasteiger partial charge in [-0.3, -0.25) is 0 Å². The summed E-state index contributed by atoms with van der Waals surface area (Å²) >= 11 is 1.72. The molecule has 1 fully saturated rings. The van der Waals surface area contributed by atoms with Crippen molar-refractivity contribution in [2.75, 3.05) is 7.11 Å². The Morgan fingerprint density at radius 2 is 2.00 bits per heavy atom. The Hall–Kier alpha value is -1.23. The van der Waals surface area contributed by atoms with E-state index in [1.165, 1.54) is 12.8 Å². The molecule has 3 nitrogen and oxygen atoms in total. The van der Waals surface area contributed by atoms with E-state index < -0.39 is 0 Å². The molecule has 1 unspecified atom stereocenters. The molecule has 112 valence electrons. The number of aromatic nitrogens is 1. The third kappa shape index (κ3) is 3.03. The van der Waals surface area contributed by atoms with Gasteiger partial charge in [-0.1, -0.05) is 43.2 Å². The highest BCUT2D eigenvalue weighted by Gasteiger charge is 2.38. The van der Waals surface area contributed by atoms with Crippen molar-refractivity contribution in [2.24, 2.45) is 5.73 Å². The molecule has 2 N–H and O–H groups in total. The van der Waals surface area contributed by atoms with E-state index in [-0.39, 0.29) is 11.6 Å². The number of hydrogen-bond acceptors (Lipinski definition) is 4. The second-order valence-corrected chi connectivity index (χ2v) is 6.63. The van der Waals surface area contributed by atoms with Crippen LogP contribution >= 0.6 is 11.3 Å². The predicted molar refractivity (Wildman–Crippen MR) is 86.3 cm³/mol. The van der Waals surface area contributed by atoms with E-state index in [1.807, 2.05) is 25.3 Å². The van der Waals surface area contributed by atoms with Crippen LogP contribution in [0.5, 0.6) is 0 Å². The molecule has 4 heteroatoms. The zero-order valence-electron chi connectivity index (χ0n) is 12.4. The topological polar surface area (TPSA) is 48.1 Å². The first-order valence-electron chi connectivity index (χ1n) is 7.54. The Kier molecular flexibility index (Phi) is 4.38. The fourth-order valence-corrected chi connectivity index (χ4v) is 4.17. The van der Waals surface area contributed by atoms with Crippen molar-refractivity contribution in [1.82, 2.24) is 4.98 Å². The van der Waals surface area contributed by atoms with Crippen LogP contribution in [0, 0.1) is 0 Å². The molecule has 0 saturated heterocycles. The van der Waals surface area contributed by atoms with Gasteiger partial charge in [0.25, 0.3) is 0 Å². The first-order valence-corrected chi connectivity index (χ1v) is 8.42. The molecule has 0 radical (unpaired) electrons. The molecule has 3 rings (SSSR count). The van der Waals surface area contributed by atoms with E-state index in [1.54, 1.807) is 11.3 Å². The molecular weight excluding hydrogens is 280 g/mol. The van der Waals surface area contributed by atoms with Crippen LogP contribution in [0.15, 0.2) is 35.7 Å². The first kappa shape index (κ1) is 14.7. The highest BCUT2D eigenvalue weighted by Crippen LogP contribution is 2.42. The van der Waals surface area contributed by atoms with Crippen molar-refractivity contribution in [3.63, 3.8) is 0 Å². The number of ether oxygens (including phenoxy) is 1. The summed E-state index contributed by atoms with van der Waals surface area (Å²) < 4.78 is 5.80. The lowest BCUT2D eigenvalue weighted by Gasteiger charge is -2.24. The van der Waals surface area contributed by atoms with Gasteiger partial charge in [-0.25, -0.2) is 4.98 Å². The quantitative estimate of drug-likeness (QED) is 0.914. The number of nitrogens with zero attached hydrogens (tertiary/aromatic N) is 1. The highest BCUT2D eigenvalue weighted by atomic mass is 32.1. The van der Waals surface area contributed by atoms with Crippen molar-refractivity contribution < 1.29 is 4.74 Å². The summed E-state index contributed by atoms with van der Waals surface area (Å²) in [5.74, 6) is 0. The summed E-state index contributed by atoms with van der Waals surface area (Å²) in [5, 5.41) is 3.26. The van der Waals surface area contributed by atoms with E-state index in [4.69, 9.17) is 15.5 Å². The van der Waals surface area contributed by atoms with Gasteiger partial charge in [-0.2, -0.15) is 0 Å². The Morgan fingerprint density at radius 1 is 1.29 bits per heavy atom. The highest BCUT2D eigenvalue weighted by molar-refractivity contribution is 7.09. The maximum Gasteiger partial charge on any atom is 0.125 e. The Bertz CT molecular complexity index is 575. The predicted octanol–water partition coefficient (Wildman–Crippen LogP) is 3.80. The van der Waals surface area contributed by atoms with E-state index >= 15 is 0 Å². The number of thiazole rings is 1. The molecule has 0 bridgehead atoms. The number of hydrogen-bond donors (Lipinski definition) is 1. The lowest BCUT2D eigenvalue weighted by molar-refractivity contribution is -0.00896. The Balaban J connectivity index is 1.73. The van der Waals surface area contributed by atoms with Gasteiger partial charge in [-0.05, 0) is 18.4 Å². The molecule has 1 aliphatic rings. The van der Waals surface area contributed by atoms with Gasteiger partial charge in [0.05, 0.1) is 5.69 Å². The molecule has 0 amide bonds. The van der Waals surface area contributed by atoms with Crippen molar-refractivity contribution in [3.05, 3.63) is 52.0 Å². The van der Waals surface area contributed by atoms with Gasteiger partial charge in [0, 0.05) is 25.0 Å². The van der Waals surface area contributed by atoms with Gasteiger partial charge >= 0.3 is 0 Å². The van der Waals surface area contributed by atoms with Crippen molar-refractivity contribution in [3.8, 4) is 0 Å². The molecule has 1 aliphatic carbocycles. The second-order valence-electron chi connectivity index (χ2n) is 5.77. The van der Waals surface area contributed by atoms with Crippen molar-refractivity contribution >= 4 is 11.3 Å². The van der Waals surface area contributed by atoms with E-state index in [2.05, 4.69) is 17.5 Å². The summed E-state index contributed by atoms with van der Waals surface area (Å²) in [6, 6.07) is 10.2. The lowest BCUT2D eigenvalue weighted by Crippen LogP contribution is -2.24. The molecule has 1 atom stereocenters. The normalized spacial score (nSPS) is 18.8. The maximum absolute atomic E-state index is 6.29. The van der Waals surface area contributed by atoms with Crippen LogP contribution in [0.3, 0.4) is 0 Å². The molecule has 0 spiro atoms. The molecule has 1 saturated carbocycles. The minimum atomic E-state index is -0.139. The van der Waals surface area contributed by atoms with E-state index in [0.29, 0.717) is 0 Å². The molecule has 21 heavy (non-hydrogen) atoms. The number of nitrogens with two attached hydrogens (primary N) is 1. The smallest absolute Gasteiger partial charge is 0.125 e. The SMILES string of the molecule is COC1(c2nc(CC(N)c3ccccc3)cs2)CCCC1. The van der Waals surface area contributed by atoms with Crippen LogP contribution in [-0.2, 0) is 16.8 Å². The van der Waals surface area contributed by atoms with Crippen LogP contribution < -0.4 is 5.73 Å². The summed E-state index contributed by atoms with van der Waals surface area (Å²) in [4.78, 5) is 4.81. The fraction of sp³-hybridized carbons (Fsp3) is 0.471. The lowest BCUT2D eigenvalue weighted by atomic mass is 10.0. The average Bonchev–Trinajstić information content (AvgIpc) is 3.17. The standard InChI is InChI=1S/C17H22N2OS/c1-20-17(9-5-6-10-17)16-19-14(12-21-16)11-15(18)13-7-3-2-4-8-13/h2-4,7-8,12,15H,5-6,9-11,18H2,1H3. The Morgan fingerprint density at radius 3 is 2.67 bits per heavy atom. The van der Waals surface area contributed by atoms with Gasteiger partial charge < -0.3 is 10.5 Å². The van der Waals surface area contributed by atoms with Gasteiger partial charge in [-0.15, -0.1) is 11.3 Å². The van der Waals surface area contributed by atoms with Crippen LogP contribution in [0.25, 0.3) is 0 Å². The summed E-state index contributed by atoms with van der Waals surface area (Å²) in [7, 11) is 1.81. The summed E-state index contributed by atoms with van der Waals surface area (Å²) in [6.07, 6.45) is 5.40. The van der Waals surface area contributed by atoms with Crippen LogP contribution in [-0.4, -0.2) is 12.1 Å². The number of benzene rings is 1. The molecule has 1 aromatic carbocycles. The van der Waals surface area contributed by atoms with E-state index in [9.17, 15) is 0 Å². The average molecular weight is 302 g/mol. The minimum absolute atomic E-state index is 0.00298. The molecule has 1 aromatic heterocycles. The zero-order chi connectivity index (χ0) is 14.7. The molecular formula is C17H22N2OS. The van der Waals surface area contributed by atoms with Gasteiger partial charge in [0.1, 0.15) is 10.6 Å². The number of methoxy groups -OCH3 is 1. The largest absolute Gasteiger partial charge is 0.371 e.